The number of nitro groups is 1. The third-order valence-corrected chi connectivity index (χ3v) is 3.75. The van der Waals surface area contributed by atoms with E-state index in [4.69, 9.17) is 0 Å². The summed E-state index contributed by atoms with van der Waals surface area (Å²) >= 11 is 3.30. The molecule has 0 spiro atoms. The van der Waals surface area contributed by atoms with Crippen molar-refractivity contribution < 1.29 is 9.72 Å². The molecule has 102 valence electrons. The number of hydrogen-bond donors (Lipinski definition) is 2. The molecule has 0 radical (unpaired) electrons. The lowest BCUT2D eigenvalue weighted by atomic mass is 10.1. The Morgan fingerprint density at radius 3 is 2.89 bits per heavy atom. The predicted octanol–water partition coefficient (Wildman–Crippen LogP) is 2.36. The minimum atomic E-state index is -0.419. The van der Waals surface area contributed by atoms with Crippen LogP contribution in [0.5, 0.6) is 0 Å². The number of hydrogen-bond acceptors (Lipinski definition) is 4. The Hall–Kier alpha value is -1.63. The van der Waals surface area contributed by atoms with Crippen LogP contribution < -0.4 is 10.6 Å². The van der Waals surface area contributed by atoms with E-state index in [1.165, 1.54) is 6.07 Å². The summed E-state index contributed by atoms with van der Waals surface area (Å²) in [6.07, 6.45) is 1.68. The van der Waals surface area contributed by atoms with E-state index in [2.05, 4.69) is 26.6 Å². The van der Waals surface area contributed by atoms with Crippen molar-refractivity contribution in [1.29, 1.82) is 0 Å². The molecule has 0 aromatic heterocycles. The number of halogens is 1. The summed E-state index contributed by atoms with van der Waals surface area (Å²) in [7, 11) is 0. The van der Waals surface area contributed by atoms with E-state index in [0.717, 1.165) is 12.8 Å². The molecule has 6 nitrogen and oxygen atoms in total. The highest BCUT2D eigenvalue weighted by Gasteiger charge is 2.23. The number of nitrogens with zero attached hydrogens (tertiary/aromatic N) is 1. The minimum absolute atomic E-state index is 0.0332. The van der Waals surface area contributed by atoms with Crippen molar-refractivity contribution in [2.24, 2.45) is 0 Å². The first kappa shape index (κ1) is 13.8. The standard InChI is InChI=1S/C12H14BrN3O3/c1-7-5-10(8(13)6-11(7)16(18)19)15-9-3-2-4-14-12(9)17/h5-6,9,15H,2-4H2,1H3,(H,14,17). The predicted molar refractivity (Wildman–Crippen MR) is 75.2 cm³/mol. The quantitative estimate of drug-likeness (QED) is 0.659. The number of carbonyl (C=O) groups excluding carboxylic acids is 1. The Balaban J connectivity index is 2.23. The number of aryl methyl sites for hydroxylation is 1. The molecule has 1 aliphatic rings. The molecule has 1 saturated heterocycles. The van der Waals surface area contributed by atoms with Crippen molar-refractivity contribution in [2.45, 2.75) is 25.8 Å². The van der Waals surface area contributed by atoms with Gasteiger partial charge in [-0.1, -0.05) is 0 Å². The lowest BCUT2D eigenvalue weighted by Gasteiger charge is -2.24. The van der Waals surface area contributed by atoms with Gasteiger partial charge in [0.25, 0.3) is 5.69 Å². The summed E-state index contributed by atoms with van der Waals surface area (Å²) in [5.74, 6) is -0.0332. The zero-order chi connectivity index (χ0) is 14.0. The first-order chi connectivity index (χ1) is 8.99. The molecule has 1 fully saturated rings. The first-order valence-corrected chi connectivity index (χ1v) is 6.77. The molecule has 19 heavy (non-hydrogen) atoms. The summed E-state index contributed by atoms with van der Waals surface area (Å²) in [6.45, 7) is 2.38. The van der Waals surface area contributed by atoms with Crippen LogP contribution in [0.1, 0.15) is 18.4 Å². The van der Waals surface area contributed by atoms with Gasteiger partial charge in [0.1, 0.15) is 6.04 Å². The molecule has 1 unspecified atom stereocenters. The maximum atomic E-state index is 11.7. The Kier molecular flexibility index (Phi) is 4.04. The van der Waals surface area contributed by atoms with Crippen LogP contribution in [0.4, 0.5) is 11.4 Å². The SMILES string of the molecule is Cc1cc(NC2CCCNC2=O)c(Br)cc1[N+](=O)[O-]. The Bertz CT molecular complexity index is 533. The fourth-order valence-corrected chi connectivity index (χ4v) is 2.52. The van der Waals surface area contributed by atoms with E-state index in [0.29, 0.717) is 22.3 Å². The molecule has 0 bridgehead atoms. The summed E-state index contributed by atoms with van der Waals surface area (Å²) in [5.41, 5.74) is 1.32. The van der Waals surface area contributed by atoms with E-state index in [9.17, 15) is 14.9 Å². The van der Waals surface area contributed by atoms with Gasteiger partial charge >= 0.3 is 0 Å². The average molecular weight is 328 g/mol. The van der Waals surface area contributed by atoms with Gasteiger partial charge < -0.3 is 10.6 Å². The second kappa shape index (κ2) is 5.56. The van der Waals surface area contributed by atoms with Gasteiger partial charge in [0.05, 0.1) is 4.92 Å². The largest absolute Gasteiger partial charge is 0.373 e. The van der Waals surface area contributed by atoms with E-state index < -0.39 is 4.92 Å². The molecule has 0 saturated carbocycles. The number of piperidine rings is 1. The zero-order valence-corrected chi connectivity index (χ0v) is 12.0. The van der Waals surface area contributed by atoms with Gasteiger partial charge in [0, 0.05) is 28.3 Å². The van der Waals surface area contributed by atoms with Gasteiger partial charge in [-0.25, -0.2) is 0 Å². The summed E-state index contributed by atoms with van der Waals surface area (Å²) in [4.78, 5) is 22.1. The van der Waals surface area contributed by atoms with Gasteiger partial charge in [-0.05, 0) is 41.8 Å². The van der Waals surface area contributed by atoms with Crippen molar-refractivity contribution >= 4 is 33.2 Å². The molecule has 0 aliphatic carbocycles. The van der Waals surface area contributed by atoms with Gasteiger partial charge in [-0.2, -0.15) is 0 Å². The molecule has 1 aromatic carbocycles. The van der Waals surface area contributed by atoms with Crippen molar-refractivity contribution in [3.63, 3.8) is 0 Å². The number of benzene rings is 1. The van der Waals surface area contributed by atoms with Gasteiger partial charge in [-0.3, -0.25) is 14.9 Å². The number of anilines is 1. The molecule has 1 aromatic rings. The highest BCUT2D eigenvalue weighted by molar-refractivity contribution is 9.10. The van der Waals surface area contributed by atoms with Crippen LogP contribution in [0, 0.1) is 17.0 Å². The number of carbonyl (C=O) groups is 1. The molecule has 1 aliphatic heterocycles. The molecule has 2 N–H and O–H groups in total. The van der Waals surface area contributed by atoms with E-state index >= 15 is 0 Å². The average Bonchev–Trinajstić information content (AvgIpc) is 2.35. The monoisotopic (exact) mass is 327 g/mol. The molecule has 2 rings (SSSR count). The normalized spacial score (nSPS) is 18.8. The van der Waals surface area contributed by atoms with E-state index in [1.54, 1.807) is 13.0 Å². The van der Waals surface area contributed by atoms with Crippen LogP contribution >= 0.6 is 15.9 Å². The van der Waals surface area contributed by atoms with Crippen LogP contribution in [0.15, 0.2) is 16.6 Å². The Morgan fingerprint density at radius 2 is 2.26 bits per heavy atom. The highest BCUT2D eigenvalue weighted by Crippen LogP contribution is 2.31. The molecule has 7 heteroatoms. The third kappa shape index (κ3) is 3.04. The van der Waals surface area contributed by atoms with Crippen LogP contribution in [0.3, 0.4) is 0 Å². The zero-order valence-electron chi connectivity index (χ0n) is 10.4. The lowest BCUT2D eigenvalue weighted by Crippen LogP contribution is -2.44. The van der Waals surface area contributed by atoms with Crippen LogP contribution in [0.25, 0.3) is 0 Å². The Morgan fingerprint density at radius 1 is 1.53 bits per heavy atom. The molecular formula is C12H14BrN3O3. The van der Waals surface area contributed by atoms with Crippen LogP contribution in [0.2, 0.25) is 0 Å². The third-order valence-electron chi connectivity index (χ3n) is 3.10. The summed E-state index contributed by atoms with van der Waals surface area (Å²) in [6, 6.07) is 2.86. The molecule has 1 amide bonds. The second-order valence-corrected chi connectivity index (χ2v) is 5.36. The minimum Gasteiger partial charge on any atom is -0.373 e. The fourth-order valence-electron chi connectivity index (χ4n) is 2.08. The Labute approximate surface area is 118 Å². The van der Waals surface area contributed by atoms with E-state index in [-0.39, 0.29) is 17.6 Å². The number of nitrogens with one attached hydrogen (secondary N) is 2. The molecule has 1 atom stereocenters. The first-order valence-electron chi connectivity index (χ1n) is 5.98. The maximum absolute atomic E-state index is 11.7. The highest BCUT2D eigenvalue weighted by atomic mass is 79.9. The number of rotatable bonds is 3. The van der Waals surface area contributed by atoms with Crippen molar-refractivity contribution in [2.75, 3.05) is 11.9 Å². The fraction of sp³-hybridized carbons (Fsp3) is 0.417. The lowest BCUT2D eigenvalue weighted by molar-refractivity contribution is -0.385. The molecular weight excluding hydrogens is 314 g/mol. The summed E-state index contributed by atoms with van der Waals surface area (Å²) < 4.78 is 0.586. The van der Waals surface area contributed by atoms with Crippen molar-refractivity contribution in [3.05, 3.63) is 32.3 Å². The topological polar surface area (TPSA) is 84.3 Å². The second-order valence-electron chi connectivity index (χ2n) is 4.51. The van der Waals surface area contributed by atoms with Crippen LogP contribution in [-0.4, -0.2) is 23.4 Å². The molecule has 1 heterocycles. The van der Waals surface area contributed by atoms with Gasteiger partial charge in [0.15, 0.2) is 0 Å². The van der Waals surface area contributed by atoms with Gasteiger partial charge in [-0.15, -0.1) is 0 Å². The maximum Gasteiger partial charge on any atom is 0.273 e. The van der Waals surface area contributed by atoms with E-state index in [1.807, 2.05) is 0 Å². The number of amides is 1. The smallest absolute Gasteiger partial charge is 0.273 e. The van der Waals surface area contributed by atoms with Crippen LogP contribution in [-0.2, 0) is 4.79 Å². The van der Waals surface area contributed by atoms with Crippen molar-refractivity contribution in [1.82, 2.24) is 5.32 Å². The number of nitro benzene ring substituents is 1. The summed E-state index contributed by atoms with van der Waals surface area (Å²) in [5, 5.41) is 16.7. The van der Waals surface area contributed by atoms with Gasteiger partial charge in [0.2, 0.25) is 5.91 Å². The van der Waals surface area contributed by atoms with Crippen molar-refractivity contribution in [3.8, 4) is 0 Å².